The molecule has 0 atom stereocenters. The van der Waals surface area contributed by atoms with Gasteiger partial charge in [0.2, 0.25) is 6.86 Å². The van der Waals surface area contributed by atoms with Crippen LogP contribution < -0.4 is 4.74 Å². The van der Waals surface area contributed by atoms with Crippen LogP contribution in [0.25, 0.3) is 22.6 Å². The van der Waals surface area contributed by atoms with E-state index < -0.39 is 6.86 Å². The number of H-pyrrole nitrogens is 1. The summed E-state index contributed by atoms with van der Waals surface area (Å²) in [6, 6.07) is 13.5. The van der Waals surface area contributed by atoms with Gasteiger partial charge in [0.05, 0.1) is 17.1 Å². The van der Waals surface area contributed by atoms with Crippen LogP contribution in [0.15, 0.2) is 48.7 Å². The number of hydrogen-bond donors (Lipinski definition) is 1. The van der Waals surface area contributed by atoms with Gasteiger partial charge >= 0.3 is 0 Å². The molecule has 0 amide bonds. The van der Waals surface area contributed by atoms with Crippen molar-refractivity contribution in [1.29, 1.82) is 0 Å². The van der Waals surface area contributed by atoms with Crippen LogP contribution in [-0.4, -0.2) is 47.1 Å². The molecule has 1 aromatic carbocycles. The fraction of sp³-hybridized carbons (Fsp3) is 0.333. The Morgan fingerprint density at radius 2 is 2.00 bits per heavy atom. The van der Waals surface area contributed by atoms with E-state index in [1.54, 1.807) is 12.1 Å². The van der Waals surface area contributed by atoms with E-state index in [2.05, 4.69) is 39.3 Å². The van der Waals surface area contributed by atoms with Crippen molar-refractivity contribution in [3.8, 4) is 28.4 Å². The van der Waals surface area contributed by atoms with Gasteiger partial charge in [0.15, 0.2) is 0 Å². The normalized spacial score (nSPS) is 15.8. The summed E-state index contributed by atoms with van der Waals surface area (Å²) in [7, 11) is 2.17. The summed E-state index contributed by atoms with van der Waals surface area (Å²) >= 11 is 0. The van der Waals surface area contributed by atoms with Crippen molar-refractivity contribution in [1.82, 2.24) is 20.1 Å². The Morgan fingerprint density at radius 1 is 1.15 bits per heavy atom. The molecular formula is C21H23FN4O. The van der Waals surface area contributed by atoms with Gasteiger partial charge in [-0.05, 0) is 74.8 Å². The standard InChI is InChI=1S/C21H23FN4O/c1-26-9-6-15(7-10-26)16-5-8-23-20(12-16)21-13-19(24-25-21)17-3-2-4-18(11-17)27-14-22/h2-5,8,11-13,15H,6-7,9-10,14H2,1H3,(H,24,25). The predicted molar refractivity (Wildman–Crippen MR) is 103 cm³/mol. The van der Waals surface area contributed by atoms with Gasteiger partial charge in [-0.3, -0.25) is 10.1 Å². The summed E-state index contributed by atoms with van der Waals surface area (Å²) in [5.74, 6) is 1.07. The fourth-order valence-electron chi connectivity index (χ4n) is 3.60. The Balaban J connectivity index is 1.56. The van der Waals surface area contributed by atoms with Crippen LogP contribution in [0.1, 0.15) is 24.3 Å². The van der Waals surface area contributed by atoms with E-state index in [1.165, 1.54) is 18.4 Å². The zero-order valence-corrected chi connectivity index (χ0v) is 15.4. The lowest BCUT2D eigenvalue weighted by molar-refractivity contribution is 0.192. The molecular weight excluding hydrogens is 343 g/mol. The van der Waals surface area contributed by atoms with Gasteiger partial charge in [0.1, 0.15) is 5.75 Å². The first kappa shape index (κ1) is 17.7. The molecule has 0 aliphatic carbocycles. The number of aromatic amines is 1. The van der Waals surface area contributed by atoms with Gasteiger partial charge in [-0.15, -0.1) is 0 Å². The van der Waals surface area contributed by atoms with Gasteiger partial charge in [0.25, 0.3) is 0 Å². The van der Waals surface area contributed by atoms with Crippen LogP contribution in [0, 0.1) is 0 Å². The number of aromatic nitrogens is 3. The minimum atomic E-state index is -0.844. The summed E-state index contributed by atoms with van der Waals surface area (Å²) in [5.41, 5.74) is 4.75. The molecule has 5 nitrogen and oxygen atoms in total. The summed E-state index contributed by atoms with van der Waals surface area (Å²) in [5, 5.41) is 7.47. The zero-order chi connectivity index (χ0) is 18.6. The number of hydrogen-bond acceptors (Lipinski definition) is 4. The van der Waals surface area contributed by atoms with Gasteiger partial charge in [-0.2, -0.15) is 5.10 Å². The highest BCUT2D eigenvalue weighted by molar-refractivity contribution is 5.67. The van der Waals surface area contributed by atoms with Crippen molar-refractivity contribution in [3.63, 3.8) is 0 Å². The fourth-order valence-corrected chi connectivity index (χ4v) is 3.60. The molecule has 27 heavy (non-hydrogen) atoms. The molecule has 4 rings (SSSR count). The topological polar surface area (TPSA) is 54.0 Å². The van der Waals surface area contributed by atoms with E-state index in [1.807, 2.05) is 24.4 Å². The van der Waals surface area contributed by atoms with E-state index in [-0.39, 0.29) is 0 Å². The van der Waals surface area contributed by atoms with Gasteiger partial charge < -0.3 is 9.64 Å². The molecule has 0 unspecified atom stereocenters. The van der Waals surface area contributed by atoms with Crippen LogP contribution in [0.3, 0.4) is 0 Å². The number of alkyl halides is 1. The maximum Gasteiger partial charge on any atom is 0.228 e. The number of likely N-dealkylation sites (tertiary alicyclic amines) is 1. The SMILES string of the molecule is CN1CCC(c2ccnc(-c3cc(-c4cccc(OCF)c4)n[nH]3)c2)CC1. The van der Waals surface area contributed by atoms with E-state index in [9.17, 15) is 4.39 Å². The lowest BCUT2D eigenvalue weighted by Gasteiger charge is -2.29. The molecule has 0 saturated carbocycles. The average molecular weight is 366 g/mol. The number of ether oxygens (including phenoxy) is 1. The second-order valence-corrected chi connectivity index (χ2v) is 7.00. The Hall–Kier alpha value is -2.73. The Kier molecular flexibility index (Phi) is 5.16. The molecule has 1 saturated heterocycles. The molecule has 1 fully saturated rings. The number of rotatable bonds is 5. The van der Waals surface area contributed by atoms with Crippen LogP contribution in [-0.2, 0) is 0 Å². The third-order valence-corrected chi connectivity index (χ3v) is 5.18. The van der Waals surface area contributed by atoms with Crippen molar-refractivity contribution in [3.05, 3.63) is 54.2 Å². The van der Waals surface area contributed by atoms with Gasteiger partial charge in [-0.25, -0.2) is 4.39 Å². The van der Waals surface area contributed by atoms with E-state index in [0.717, 1.165) is 35.7 Å². The largest absolute Gasteiger partial charge is 0.463 e. The number of pyridine rings is 1. The third-order valence-electron chi connectivity index (χ3n) is 5.18. The van der Waals surface area contributed by atoms with Crippen LogP contribution in [0.2, 0.25) is 0 Å². The molecule has 1 aliphatic heterocycles. The van der Waals surface area contributed by atoms with Crippen LogP contribution >= 0.6 is 0 Å². The first-order valence-electron chi connectivity index (χ1n) is 9.22. The van der Waals surface area contributed by atoms with Crippen molar-refractivity contribution in [2.24, 2.45) is 0 Å². The molecule has 0 spiro atoms. The van der Waals surface area contributed by atoms with Crippen molar-refractivity contribution >= 4 is 0 Å². The number of benzene rings is 1. The average Bonchev–Trinajstić information content (AvgIpc) is 3.20. The minimum Gasteiger partial charge on any atom is -0.463 e. The maximum atomic E-state index is 12.4. The smallest absolute Gasteiger partial charge is 0.228 e. The Labute approximate surface area is 158 Å². The molecule has 1 aliphatic rings. The molecule has 2 aromatic heterocycles. The maximum absolute atomic E-state index is 12.4. The van der Waals surface area contributed by atoms with Gasteiger partial charge in [0, 0.05) is 11.8 Å². The highest BCUT2D eigenvalue weighted by atomic mass is 19.1. The van der Waals surface area contributed by atoms with E-state index >= 15 is 0 Å². The molecule has 140 valence electrons. The molecule has 0 bridgehead atoms. The monoisotopic (exact) mass is 366 g/mol. The first-order chi connectivity index (χ1) is 13.2. The number of piperidine rings is 1. The van der Waals surface area contributed by atoms with Crippen molar-refractivity contribution < 1.29 is 9.13 Å². The molecule has 0 radical (unpaired) electrons. The minimum absolute atomic E-state index is 0.488. The number of nitrogens with zero attached hydrogens (tertiary/aromatic N) is 3. The van der Waals surface area contributed by atoms with Gasteiger partial charge in [-0.1, -0.05) is 12.1 Å². The summed E-state index contributed by atoms with van der Waals surface area (Å²) < 4.78 is 17.3. The zero-order valence-electron chi connectivity index (χ0n) is 15.4. The van der Waals surface area contributed by atoms with Crippen molar-refractivity contribution in [2.45, 2.75) is 18.8 Å². The summed E-state index contributed by atoms with van der Waals surface area (Å²) in [6.07, 6.45) is 4.23. The number of nitrogens with one attached hydrogen (secondary N) is 1. The predicted octanol–water partition coefficient (Wildman–Crippen LogP) is 4.25. The second kappa shape index (κ2) is 7.88. The van der Waals surface area contributed by atoms with E-state index in [4.69, 9.17) is 4.74 Å². The number of halogens is 1. The van der Waals surface area contributed by atoms with E-state index in [0.29, 0.717) is 11.7 Å². The molecule has 6 heteroatoms. The highest BCUT2D eigenvalue weighted by Gasteiger charge is 2.19. The quantitative estimate of drug-likeness (QED) is 0.733. The Bertz CT molecular complexity index is 902. The summed E-state index contributed by atoms with van der Waals surface area (Å²) in [4.78, 5) is 6.89. The molecule has 3 heterocycles. The Morgan fingerprint density at radius 3 is 2.81 bits per heavy atom. The summed E-state index contributed by atoms with van der Waals surface area (Å²) in [6.45, 7) is 1.42. The molecule has 3 aromatic rings. The highest BCUT2D eigenvalue weighted by Crippen LogP contribution is 2.30. The third kappa shape index (κ3) is 4.01. The lowest BCUT2D eigenvalue weighted by Crippen LogP contribution is -2.29. The first-order valence-corrected chi connectivity index (χ1v) is 9.22. The lowest BCUT2D eigenvalue weighted by atomic mass is 9.89. The molecule has 1 N–H and O–H groups in total. The van der Waals surface area contributed by atoms with Crippen molar-refractivity contribution in [2.75, 3.05) is 27.0 Å². The van der Waals surface area contributed by atoms with Crippen LogP contribution in [0.5, 0.6) is 5.75 Å². The second-order valence-electron chi connectivity index (χ2n) is 7.00. The van der Waals surface area contributed by atoms with Crippen LogP contribution in [0.4, 0.5) is 4.39 Å².